The number of nitrogens with zero attached hydrogens (tertiary/aromatic N) is 1. The highest BCUT2D eigenvalue weighted by Gasteiger charge is 2.24. The summed E-state index contributed by atoms with van der Waals surface area (Å²) in [5.41, 5.74) is 0.918. The van der Waals surface area contributed by atoms with Crippen molar-refractivity contribution in [1.29, 1.82) is 0 Å². The van der Waals surface area contributed by atoms with Crippen LogP contribution in [0, 0.1) is 5.41 Å². The molecule has 0 aliphatic rings. The fraction of sp³-hybridized carbons (Fsp3) is 0.632. The molecule has 1 rings (SSSR count). The topological polar surface area (TPSA) is 73.3 Å². The molecule has 156 valence electrons. The van der Waals surface area contributed by atoms with E-state index in [0.717, 1.165) is 5.56 Å². The fourth-order valence-corrected chi connectivity index (χ4v) is 2.58. The van der Waals surface area contributed by atoms with Gasteiger partial charge in [0.05, 0.1) is 39.5 Å². The number of nitrogens with one attached hydrogen (secondary N) is 2. The summed E-state index contributed by atoms with van der Waals surface area (Å²) < 4.78 is 21.8. The van der Waals surface area contributed by atoms with E-state index >= 15 is 0 Å². The van der Waals surface area contributed by atoms with E-state index in [2.05, 4.69) is 36.4 Å². The zero-order valence-electron chi connectivity index (χ0n) is 17.6. The average Bonchev–Trinajstić information content (AvgIpc) is 2.62. The van der Waals surface area contributed by atoms with E-state index in [9.17, 15) is 0 Å². The van der Waals surface area contributed by atoms with Gasteiger partial charge in [0, 0.05) is 32.8 Å². The van der Waals surface area contributed by atoms with E-state index in [1.54, 1.807) is 35.5 Å². The Morgan fingerprint density at radius 1 is 1.00 bits per heavy atom. The molecular formula is C19H34IN3O4. The number of aliphatic imine (C=N–C) groups is 1. The predicted molar refractivity (Wildman–Crippen MR) is 120 cm³/mol. The zero-order chi connectivity index (χ0) is 19.7. The Balaban J connectivity index is 0.00000676. The molecule has 0 radical (unpaired) electrons. The van der Waals surface area contributed by atoms with Crippen molar-refractivity contribution in [2.75, 3.05) is 42.0 Å². The summed E-state index contributed by atoms with van der Waals surface area (Å²) in [5, 5.41) is 6.59. The van der Waals surface area contributed by atoms with Crippen LogP contribution < -0.4 is 24.8 Å². The molecule has 0 heterocycles. The van der Waals surface area contributed by atoms with Crippen molar-refractivity contribution in [3.63, 3.8) is 0 Å². The van der Waals surface area contributed by atoms with Gasteiger partial charge in [0.1, 0.15) is 17.2 Å². The smallest absolute Gasteiger partial charge is 0.191 e. The van der Waals surface area contributed by atoms with Crippen LogP contribution in [0.4, 0.5) is 0 Å². The number of ether oxygens (including phenoxy) is 4. The van der Waals surface area contributed by atoms with Gasteiger partial charge < -0.3 is 29.6 Å². The van der Waals surface area contributed by atoms with Crippen molar-refractivity contribution in [2.24, 2.45) is 10.4 Å². The summed E-state index contributed by atoms with van der Waals surface area (Å²) in [6, 6.07) is 3.66. The fourth-order valence-electron chi connectivity index (χ4n) is 2.58. The van der Waals surface area contributed by atoms with E-state index in [4.69, 9.17) is 18.9 Å². The van der Waals surface area contributed by atoms with Crippen LogP contribution >= 0.6 is 24.0 Å². The molecule has 0 aliphatic heterocycles. The van der Waals surface area contributed by atoms with Crippen molar-refractivity contribution in [2.45, 2.75) is 33.4 Å². The molecule has 0 saturated heterocycles. The Kier molecular flexibility index (Phi) is 11.5. The van der Waals surface area contributed by atoms with Gasteiger partial charge in [-0.2, -0.15) is 0 Å². The molecule has 2 N–H and O–H groups in total. The van der Waals surface area contributed by atoms with Crippen LogP contribution in [0.5, 0.6) is 17.2 Å². The number of benzene rings is 1. The third kappa shape index (κ3) is 7.61. The molecule has 1 unspecified atom stereocenters. The van der Waals surface area contributed by atoms with Crippen LogP contribution in [-0.2, 0) is 11.3 Å². The summed E-state index contributed by atoms with van der Waals surface area (Å²) in [6.07, 6.45) is 0.0612. The minimum atomic E-state index is 0. The van der Waals surface area contributed by atoms with E-state index in [1.165, 1.54) is 0 Å². The zero-order valence-corrected chi connectivity index (χ0v) is 20.0. The van der Waals surface area contributed by atoms with Gasteiger partial charge in [-0.1, -0.05) is 20.8 Å². The van der Waals surface area contributed by atoms with Gasteiger partial charge in [-0.3, -0.25) is 4.99 Å². The molecule has 0 aliphatic carbocycles. The van der Waals surface area contributed by atoms with Crippen molar-refractivity contribution < 1.29 is 18.9 Å². The molecule has 1 atom stereocenters. The normalized spacial score (nSPS) is 12.7. The number of hydrogen-bond acceptors (Lipinski definition) is 5. The molecular weight excluding hydrogens is 461 g/mol. The summed E-state index contributed by atoms with van der Waals surface area (Å²) in [5.74, 6) is 2.73. The van der Waals surface area contributed by atoms with Crippen LogP contribution in [0.2, 0.25) is 0 Å². The van der Waals surface area contributed by atoms with E-state index in [-0.39, 0.29) is 35.5 Å². The van der Waals surface area contributed by atoms with Gasteiger partial charge in [-0.15, -0.1) is 24.0 Å². The molecule has 8 heteroatoms. The van der Waals surface area contributed by atoms with Gasteiger partial charge in [-0.25, -0.2) is 0 Å². The maximum absolute atomic E-state index is 5.57. The number of halogens is 1. The lowest BCUT2D eigenvalue weighted by molar-refractivity contribution is 0.0205. The van der Waals surface area contributed by atoms with E-state index in [1.807, 2.05) is 12.1 Å². The molecule has 0 amide bonds. The average molecular weight is 495 g/mol. The lowest BCUT2D eigenvalue weighted by Gasteiger charge is -2.30. The lowest BCUT2D eigenvalue weighted by Crippen LogP contribution is -2.45. The Hall–Kier alpha value is -1.42. The van der Waals surface area contributed by atoms with Crippen molar-refractivity contribution in [3.8, 4) is 17.2 Å². The molecule has 1 aromatic carbocycles. The van der Waals surface area contributed by atoms with Crippen LogP contribution in [-0.4, -0.2) is 54.1 Å². The highest BCUT2D eigenvalue weighted by atomic mass is 127. The predicted octanol–water partition coefficient (Wildman–Crippen LogP) is 3.06. The van der Waals surface area contributed by atoms with E-state index < -0.39 is 0 Å². The summed E-state index contributed by atoms with van der Waals surface area (Å²) >= 11 is 0. The second kappa shape index (κ2) is 12.1. The summed E-state index contributed by atoms with van der Waals surface area (Å²) in [7, 11) is 8.31. The summed E-state index contributed by atoms with van der Waals surface area (Å²) in [4.78, 5) is 4.27. The van der Waals surface area contributed by atoms with Gasteiger partial charge in [0.25, 0.3) is 0 Å². The van der Waals surface area contributed by atoms with Gasteiger partial charge in [0.2, 0.25) is 0 Å². The second-order valence-corrected chi connectivity index (χ2v) is 6.91. The van der Waals surface area contributed by atoms with Gasteiger partial charge in [-0.05, 0) is 5.41 Å². The van der Waals surface area contributed by atoms with Crippen LogP contribution in [0.25, 0.3) is 0 Å². The number of guanidine groups is 1. The molecule has 0 fully saturated rings. The largest absolute Gasteiger partial charge is 0.496 e. The first-order chi connectivity index (χ1) is 12.3. The SMILES string of the molecule is CN=C(NCc1c(OC)cc(OC)cc1OC)NCC(OC)C(C)(C)C.I. The summed E-state index contributed by atoms with van der Waals surface area (Å²) in [6.45, 7) is 7.57. The van der Waals surface area contributed by atoms with Crippen LogP contribution in [0.15, 0.2) is 17.1 Å². The number of hydrogen-bond donors (Lipinski definition) is 2. The van der Waals surface area contributed by atoms with Crippen molar-refractivity contribution >= 4 is 29.9 Å². The lowest BCUT2D eigenvalue weighted by atomic mass is 9.89. The first kappa shape index (κ1) is 25.6. The maximum Gasteiger partial charge on any atom is 0.191 e. The Bertz CT molecular complexity index is 578. The Morgan fingerprint density at radius 2 is 1.56 bits per heavy atom. The number of rotatable bonds is 8. The Morgan fingerprint density at radius 3 is 1.93 bits per heavy atom. The third-order valence-corrected chi connectivity index (χ3v) is 4.18. The van der Waals surface area contributed by atoms with Gasteiger partial charge >= 0.3 is 0 Å². The minimum absolute atomic E-state index is 0. The first-order valence-corrected chi connectivity index (χ1v) is 8.56. The molecule has 0 bridgehead atoms. The highest BCUT2D eigenvalue weighted by molar-refractivity contribution is 14.0. The molecule has 0 aromatic heterocycles. The van der Waals surface area contributed by atoms with E-state index in [0.29, 0.717) is 36.3 Å². The molecule has 7 nitrogen and oxygen atoms in total. The monoisotopic (exact) mass is 495 g/mol. The molecule has 0 saturated carbocycles. The molecule has 0 spiro atoms. The van der Waals surface area contributed by atoms with Crippen LogP contribution in [0.3, 0.4) is 0 Å². The van der Waals surface area contributed by atoms with Crippen LogP contribution in [0.1, 0.15) is 26.3 Å². The second-order valence-electron chi connectivity index (χ2n) is 6.91. The highest BCUT2D eigenvalue weighted by Crippen LogP contribution is 2.33. The quantitative estimate of drug-likeness (QED) is 0.328. The molecule has 1 aromatic rings. The Labute approximate surface area is 180 Å². The first-order valence-electron chi connectivity index (χ1n) is 8.56. The van der Waals surface area contributed by atoms with Gasteiger partial charge in [0.15, 0.2) is 5.96 Å². The standard InChI is InChI=1S/C19H33N3O4.HI/c1-19(2,3)17(26-8)12-22-18(20-4)21-11-14-15(24-6)9-13(23-5)10-16(14)25-7;/h9-10,17H,11-12H2,1-8H3,(H2,20,21,22);1H. The number of methoxy groups -OCH3 is 4. The van der Waals surface area contributed by atoms with Crippen molar-refractivity contribution in [1.82, 2.24) is 10.6 Å². The maximum atomic E-state index is 5.57. The molecule has 27 heavy (non-hydrogen) atoms. The minimum Gasteiger partial charge on any atom is -0.496 e. The third-order valence-electron chi connectivity index (χ3n) is 4.18. The van der Waals surface area contributed by atoms with Crippen molar-refractivity contribution in [3.05, 3.63) is 17.7 Å².